The van der Waals surface area contributed by atoms with Gasteiger partial charge in [-0.05, 0) is 67.8 Å². The lowest BCUT2D eigenvalue weighted by atomic mass is 10.1. The van der Waals surface area contributed by atoms with Crippen LogP contribution in [-0.2, 0) is 13.0 Å². The van der Waals surface area contributed by atoms with E-state index in [0.29, 0.717) is 23.1 Å². The zero-order chi connectivity index (χ0) is 20.5. The molecule has 2 aromatic carbocycles. The summed E-state index contributed by atoms with van der Waals surface area (Å²) in [6.45, 7) is 6.87. The van der Waals surface area contributed by atoms with Gasteiger partial charge in [-0.2, -0.15) is 0 Å². The van der Waals surface area contributed by atoms with Crippen molar-refractivity contribution in [1.29, 1.82) is 0 Å². The quantitative estimate of drug-likeness (QED) is 0.438. The number of carbonyl (C=O) groups excluding carboxylic acids is 1. The molecule has 2 heterocycles. The molecule has 4 rings (SSSR count). The van der Waals surface area contributed by atoms with Crippen molar-refractivity contribution in [3.05, 3.63) is 70.5 Å². The van der Waals surface area contributed by atoms with Crippen molar-refractivity contribution < 1.29 is 9.18 Å². The second-order valence-corrected chi connectivity index (χ2v) is 7.78. The van der Waals surface area contributed by atoms with Gasteiger partial charge in [0.25, 0.3) is 5.91 Å². The number of halogens is 1. The third-order valence-electron chi connectivity index (χ3n) is 5.19. The summed E-state index contributed by atoms with van der Waals surface area (Å²) in [5, 5.41) is 6.44. The zero-order valence-electron chi connectivity index (χ0n) is 16.6. The molecular weight excluding hydrogens is 385 g/mol. The summed E-state index contributed by atoms with van der Waals surface area (Å²) in [6, 6.07) is 12.6. The molecule has 0 aliphatic rings. The average Bonchev–Trinajstić information content (AvgIpc) is 3.30. The van der Waals surface area contributed by atoms with E-state index in [1.165, 1.54) is 29.0 Å². The normalized spacial score (nSPS) is 11.2. The number of aryl methyl sites for hydroxylation is 3. The summed E-state index contributed by atoms with van der Waals surface area (Å²) < 4.78 is 15.2. The molecule has 6 heteroatoms. The number of benzene rings is 2. The largest absolute Gasteiger partial charge is 0.337 e. The number of amides is 1. The first kappa shape index (κ1) is 19.3. The number of hydrogen-bond donors (Lipinski definition) is 1. The first-order valence-corrected chi connectivity index (χ1v) is 10.5. The molecule has 1 amide bonds. The Balaban J connectivity index is 1.66. The molecule has 0 unspecified atom stereocenters. The molecule has 0 aliphatic carbocycles. The number of thiazole rings is 1. The minimum Gasteiger partial charge on any atom is -0.337 e. The highest BCUT2D eigenvalue weighted by Crippen LogP contribution is 2.29. The van der Waals surface area contributed by atoms with Gasteiger partial charge in [0, 0.05) is 28.4 Å². The Kier molecular flexibility index (Phi) is 5.20. The summed E-state index contributed by atoms with van der Waals surface area (Å²) in [4.78, 5) is 17.6. The Morgan fingerprint density at radius 2 is 1.93 bits per heavy atom. The molecule has 0 bridgehead atoms. The second-order valence-electron chi connectivity index (χ2n) is 6.92. The molecule has 0 radical (unpaired) electrons. The zero-order valence-corrected chi connectivity index (χ0v) is 17.4. The summed E-state index contributed by atoms with van der Waals surface area (Å²) >= 11 is 1.36. The lowest BCUT2D eigenvalue weighted by Gasteiger charge is -2.08. The van der Waals surface area contributed by atoms with Crippen LogP contribution in [0.15, 0.2) is 47.8 Å². The van der Waals surface area contributed by atoms with E-state index >= 15 is 0 Å². The van der Waals surface area contributed by atoms with Gasteiger partial charge in [0.2, 0.25) is 0 Å². The average molecular weight is 408 g/mol. The highest BCUT2D eigenvalue weighted by atomic mass is 32.1. The van der Waals surface area contributed by atoms with Crippen molar-refractivity contribution in [3.8, 4) is 11.3 Å². The fourth-order valence-corrected chi connectivity index (χ4v) is 4.37. The van der Waals surface area contributed by atoms with E-state index in [1.807, 2.05) is 23.8 Å². The van der Waals surface area contributed by atoms with Gasteiger partial charge < -0.3 is 4.57 Å². The van der Waals surface area contributed by atoms with Crippen LogP contribution in [-0.4, -0.2) is 15.5 Å². The predicted molar refractivity (Wildman–Crippen MR) is 117 cm³/mol. The maximum Gasteiger partial charge on any atom is 0.274 e. The molecule has 0 fully saturated rings. The number of nitrogens with one attached hydrogen (secondary N) is 1. The SMILES string of the molecule is CCc1ccc2c(c1)c(C)c(C(=O)Nc1nc(-c3ccc(F)cc3)cs1)n2CC. The smallest absolute Gasteiger partial charge is 0.274 e. The molecule has 1 N–H and O–H groups in total. The van der Waals surface area contributed by atoms with E-state index in [1.54, 1.807) is 12.1 Å². The summed E-state index contributed by atoms with van der Waals surface area (Å²) in [6.07, 6.45) is 0.958. The second kappa shape index (κ2) is 7.79. The third-order valence-corrected chi connectivity index (χ3v) is 5.94. The molecule has 4 nitrogen and oxygen atoms in total. The highest BCUT2D eigenvalue weighted by molar-refractivity contribution is 7.14. The van der Waals surface area contributed by atoms with Gasteiger partial charge in [-0.1, -0.05) is 13.0 Å². The molecule has 29 heavy (non-hydrogen) atoms. The Morgan fingerprint density at radius 1 is 1.17 bits per heavy atom. The Labute approximate surface area is 173 Å². The van der Waals surface area contributed by atoms with E-state index in [4.69, 9.17) is 0 Å². The minimum atomic E-state index is -0.286. The molecule has 0 aliphatic heterocycles. The van der Waals surface area contributed by atoms with Crippen LogP contribution in [0.1, 0.15) is 35.5 Å². The number of nitrogens with zero attached hydrogens (tertiary/aromatic N) is 2. The van der Waals surface area contributed by atoms with Crippen LogP contribution in [0.4, 0.5) is 9.52 Å². The first-order chi connectivity index (χ1) is 14.0. The van der Waals surface area contributed by atoms with Crippen LogP contribution >= 0.6 is 11.3 Å². The van der Waals surface area contributed by atoms with Gasteiger partial charge in [0.05, 0.1) is 5.69 Å². The van der Waals surface area contributed by atoms with Crippen LogP contribution in [0.2, 0.25) is 0 Å². The van der Waals surface area contributed by atoms with Crippen molar-refractivity contribution in [2.24, 2.45) is 0 Å². The molecule has 0 saturated heterocycles. The number of carbonyl (C=O) groups is 1. The molecule has 148 valence electrons. The monoisotopic (exact) mass is 407 g/mol. The van der Waals surface area contributed by atoms with Crippen LogP contribution in [0.25, 0.3) is 22.2 Å². The minimum absolute atomic E-state index is 0.168. The first-order valence-electron chi connectivity index (χ1n) is 9.66. The molecular formula is C23H22FN3OS. The maximum atomic E-state index is 13.1. The standard InChI is InChI=1S/C23H22FN3OS/c1-4-15-6-11-20-18(12-15)14(3)21(27(20)5-2)22(28)26-23-25-19(13-29-23)16-7-9-17(24)10-8-16/h6-13H,4-5H2,1-3H3,(H,25,26,28). The van der Waals surface area contributed by atoms with Crippen LogP contribution in [0.3, 0.4) is 0 Å². The van der Waals surface area contributed by atoms with Gasteiger partial charge in [-0.3, -0.25) is 10.1 Å². The third kappa shape index (κ3) is 3.56. The van der Waals surface area contributed by atoms with Crippen molar-refractivity contribution >= 4 is 33.3 Å². The number of hydrogen-bond acceptors (Lipinski definition) is 3. The molecule has 0 atom stereocenters. The van der Waals surface area contributed by atoms with Gasteiger partial charge in [-0.25, -0.2) is 9.37 Å². The molecule has 2 aromatic heterocycles. The summed E-state index contributed by atoms with van der Waals surface area (Å²) in [7, 11) is 0. The Hall–Kier alpha value is -2.99. The Bertz CT molecular complexity index is 1190. The molecule has 0 saturated carbocycles. The fraction of sp³-hybridized carbons (Fsp3) is 0.217. The molecule has 0 spiro atoms. The lowest BCUT2D eigenvalue weighted by Crippen LogP contribution is -2.17. The fourth-order valence-electron chi connectivity index (χ4n) is 3.65. The van der Waals surface area contributed by atoms with E-state index in [2.05, 4.69) is 35.4 Å². The van der Waals surface area contributed by atoms with Crippen LogP contribution < -0.4 is 5.32 Å². The molecule has 4 aromatic rings. The van der Waals surface area contributed by atoms with Crippen molar-refractivity contribution in [2.45, 2.75) is 33.7 Å². The van der Waals surface area contributed by atoms with Gasteiger partial charge in [0.15, 0.2) is 5.13 Å². The van der Waals surface area contributed by atoms with Crippen LogP contribution in [0.5, 0.6) is 0 Å². The van der Waals surface area contributed by atoms with Crippen LogP contribution in [0, 0.1) is 12.7 Å². The predicted octanol–water partition coefficient (Wildman–Crippen LogP) is 6.05. The number of fused-ring (bicyclic) bond motifs is 1. The topological polar surface area (TPSA) is 46.9 Å². The van der Waals surface area contributed by atoms with Gasteiger partial charge >= 0.3 is 0 Å². The van der Waals surface area contributed by atoms with Crippen molar-refractivity contribution in [2.75, 3.05) is 5.32 Å². The van der Waals surface area contributed by atoms with E-state index in [-0.39, 0.29) is 11.7 Å². The van der Waals surface area contributed by atoms with Crippen molar-refractivity contribution in [1.82, 2.24) is 9.55 Å². The van der Waals surface area contributed by atoms with Gasteiger partial charge in [-0.15, -0.1) is 11.3 Å². The van der Waals surface area contributed by atoms with Gasteiger partial charge in [0.1, 0.15) is 11.5 Å². The Morgan fingerprint density at radius 3 is 2.62 bits per heavy atom. The number of rotatable bonds is 5. The van der Waals surface area contributed by atoms with E-state index in [0.717, 1.165) is 28.5 Å². The van der Waals surface area contributed by atoms with E-state index in [9.17, 15) is 9.18 Å². The van der Waals surface area contributed by atoms with E-state index < -0.39 is 0 Å². The highest BCUT2D eigenvalue weighted by Gasteiger charge is 2.21. The number of aromatic nitrogens is 2. The maximum absolute atomic E-state index is 13.1. The number of anilines is 1. The summed E-state index contributed by atoms with van der Waals surface area (Å²) in [5.41, 5.74) is 5.49. The lowest BCUT2D eigenvalue weighted by molar-refractivity contribution is 0.101. The van der Waals surface area contributed by atoms with Crippen molar-refractivity contribution in [3.63, 3.8) is 0 Å². The summed E-state index contributed by atoms with van der Waals surface area (Å²) in [5.74, 6) is -0.454.